The number of hydrogen-bond acceptors (Lipinski definition) is 2. The fraction of sp³-hybridized carbons (Fsp3) is 0.400. The molecule has 1 aliphatic heterocycles. The first-order valence-electron chi connectivity index (χ1n) is 2.28. The smallest absolute Gasteiger partial charge is 0.345 e. The molecule has 0 aliphatic carbocycles. The van der Waals surface area contributed by atoms with Gasteiger partial charge in [-0.3, -0.25) is 0 Å². The summed E-state index contributed by atoms with van der Waals surface area (Å²) >= 11 is 3.03. The minimum Gasteiger partial charge on any atom is -0.454 e. The molecule has 0 aromatic heterocycles. The van der Waals surface area contributed by atoms with E-state index >= 15 is 0 Å². The Morgan fingerprint density at radius 3 is 2.62 bits per heavy atom. The standard InChI is InChI=1S/C5H5BrO2/c1-3-2-4(6)5(7)8-3/h2-3H,1H3/t3-/m1/s1. The minimum absolute atomic E-state index is 0.0584. The third-order valence-corrected chi connectivity index (χ3v) is 1.46. The Kier molecular flexibility index (Phi) is 1.38. The van der Waals surface area contributed by atoms with Gasteiger partial charge in [-0.25, -0.2) is 4.79 Å². The highest BCUT2D eigenvalue weighted by Crippen LogP contribution is 2.17. The molecular weight excluding hydrogens is 172 g/mol. The van der Waals surface area contributed by atoms with Crippen molar-refractivity contribution in [1.82, 2.24) is 0 Å². The van der Waals surface area contributed by atoms with Crippen LogP contribution in [-0.4, -0.2) is 12.1 Å². The maximum atomic E-state index is 10.4. The van der Waals surface area contributed by atoms with E-state index in [1.165, 1.54) is 0 Å². The summed E-state index contributed by atoms with van der Waals surface area (Å²) in [5.74, 6) is -0.266. The van der Waals surface area contributed by atoms with Gasteiger partial charge in [0.15, 0.2) is 0 Å². The fourth-order valence-electron chi connectivity index (χ4n) is 0.533. The molecule has 0 unspecified atom stereocenters. The van der Waals surface area contributed by atoms with Crippen LogP contribution in [-0.2, 0) is 9.53 Å². The van der Waals surface area contributed by atoms with E-state index in [4.69, 9.17) is 4.74 Å². The highest BCUT2D eigenvalue weighted by atomic mass is 79.9. The van der Waals surface area contributed by atoms with Crippen LogP contribution in [0.5, 0.6) is 0 Å². The van der Waals surface area contributed by atoms with Gasteiger partial charge in [0.1, 0.15) is 10.6 Å². The van der Waals surface area contributed by atoms with Gasteiger partial charge in [0.2, 0.25) is 0 Å². The average Bonchev–Trinajstić information content (AvgIpc) is 1.85. The van der Waals surface area contributed by atoms with Gasteiger partial charge in [-0.2, -0.15) is 0 Å². The zero-order chi connectivity index (χ0) is 6.15. The molecular formula is C5H5BrO2. The van der Waals surface area contributed by atoms with Crippen molar-refractivity contribution in [1.29, 1.82) is 0 Å². The van der Waals surface area contributed by atoms with Crippen molar-refractivity contribution in [3.05, 3.63) is 10.6 Å². The summed E-state index contributed by atoms with van der Waals surface area (Å²) in [6.45, 7) is 1.81. The first kappa shape index (κ1) is 5.82. The lowest BCUT2D eigenvalue weighted by Gasteiger charge is -1.95. The van der Waals surface area contributed by atoms with Gasteiger partial charge in [-0.05, 0) is 28.9 Å². The van der Waals surface area contributed by atoms with Gasteiger partial charge in [-0.15, -0.1) is 0 Å². The second-order valence-electron chi connectivity index (χ2n) is 1.63. The van der Waals surface area contributed by atoms with Gasteiger partial charge in [-0.1, -0.05) is 0 Å². The van der Waals surface area contributed by atoms with Crippen molar-refractivity contribution in [3.8, 4) is 0 Å². The number of carbonyl (C=O) groups is 1. The largest absolute Gasteiger partial charge is 0.454 e. The molecule has 0 fully saturated rings. The molecule has 0 N–H and O–H groups in total. The molecule has 1 aliphatic rings. The zero-order valence-electron chi connectivity index (χ0n) is 4.35. The second-order valence-corrected chi connectivity index (χ2v) is 2.48. The summed E-state index contributed by atoms with van der Waals surface area (Å²) in [6.07, 6.45) is 1.67. The van der Waals surface area contributed by atoms with E-state index in [-0.39, 0.29) is 12.1 Å². The number of ether oxygens (including phenoxy) is 1. The Hall–Kier alpha value is -0.310. The lowest BCUT2D eigenvalue weighted by molar-refractivity contribution is -0.138. The van der Waals surface area contributed by atoms with E-state index in [2.05, 4.69) is 15.9 Å². The van der Waals surface area contributed by atoms with E-state index in [9.17, 15) is 4.79 Å². The predicted octanol–water partition coefficient (Wildman–Crippen LogP) is 1.21. The van der Waals surface area contributed by atoms with Crippen molar-refractivity contribution in [2.75, 3.05) is 0 Å². The Morgan fingerprint density at radius 1 is 1.88 bits per heavy atom. The Bertz CT molecular complexity index is 151. The van der Waals surface area contributed by atoms with Crippen LogP contribution in [0.25, 0.3) is 0 Å². The topological polar surface area (TPSA) is 26.3 Å². The summed E-state index contributed by atoms with van der Waals surface area (Å²) in [4.78, 5) is 10.4. The monoisotopic (exact) mass is 176 g/mol. The van der Waals surface area contributed by atoms with Crippen molar-refractivity contribution in [3.63, 3.8) is 0 Å². The lowest BCUT2D eigenvalue weighted by Crippen LogP contribution is -2.01. The molecule has 0 aromatic carbocycles. The van der Waals surface area contributed by atoms with Crippen molar-refractivity contribution < 1.29 is 9.53 Å². The maximum absolute atomic E-state index is 10.4. The molecule has 1 atom stereocenters. The molecule has 0 amide bonds. The molecule has 0 saturated carbocycles. The number of hydrogen-bond donors (Lipinski definition) is 0. The van der Waals surface area contributed by atoms with E-state index in [0.29, 0.717) is 4.48 Å². The van der Waals surface area contributed by atoms with Gasteiger partial charge in [0.25, 0.3) is 0 Å². The van der Waals surface area contributed by atoms with Crippen molar-refractivity contribution in [2.24, 2.45) is 0 Å². The minimum atomic E-state index is -0.266. The van der Waals surface area contributed by atoms with Crippen LogP contribution in [0, 0.1) is 0 Å². The summed E-state index contributed by atoms with van der Waals surface area (Å²) in [6, 6.07) is 0. The number of esters is 1. The van der Waals surface area contributed by atoms with E-state index in [0.717, 1.165) is 0 Å². The Balaban J connectivity index is 2.73. The summed E-state index contributed by atoms with van der Waals surface area (Å²) in [5, 5.41) is 0. The lowest BCUT2D eigenvalue weighted by atomic mass is 10.4. The maximum Gasteiger partial charge on any atom is 0.345 e. The van der Waals surface area contributed by atoms with Crippen LogP contribution in [0.1, 0.15) is 6.92 Å². The first-order valence-corrected chi connectivity index (χ1v) is 3.08. The fourth-order valence-corrected chi connectivity index (χ4v) is 0.999. The van der Waals surface area contributed by atoms with Gasteiger partial charge >= 0.3 is 5.97 Å². The summed E-state index contributed by atoms with van der Waals surface area (Å²) < 4.78 is 5.23. The highest BCUT2D eigenvalue weighted by Gasteiger charge is 2.18. The molecule has 0 saturated heterocycles. The SMILES string of the molecule is C[C@@H]1C=C(Br)C(=O)O1. The normalized spacial score (nSPS) is 27.5. The molecule has 1 rings (SSSR count). The van der Waals surface area contributed by atoms with Crippen LogP contribution in [0.4, 0.5) is 0 Å². The van der Waals surface area contributed by atoms with E-state index in [1.807, 2.05) is 6.92 Å². The summed E-state index contributed by atoms with van der Waals surface area (Å²) in [5.41, 5.74) is 0. The molecule has 44 valence electrons. The van der Waals surface area contributed by atoms with E-state index < -0.39 is 0 Å². The van der Waals surface area contributed by atoms with Crippen LogP contribution in [0.15, 0.2) is 10.6 Å². The number of halogens is 1. The third-order valence-electron chi connectivity index (χ3n) is 0.869. The molecule has 3 heteroatoms. The van der Waals surface area contributed by atoms with Crippen LogP contribution in [0.2, 0.25) is 0 Å². The van der Waals surface area contributed by atoms with Crippen LogP contribution < -0.4 is 0 Å². The van der Waals surface area contributed by atoms with Crippen molar-refractivity contribution in [2.45, 2.75) is 13.0 Å². The van der Waals surface area contributed by atoms with Crippen LogP contribution in [0.3, 0.4) is 0 Å². The molecule has 1 heterocycles. The molecule has 0 aromatic rings. The zero-order valence-corrected chi connectivity index (χ0v) is 5.94. The van der Waals surface area contributed by atoms with Crippen molar-refractivity contribution >= 4 is 21.9 Å². The predicted molar refractivity (Wildman–Crippen MR) is 32.6 cm³/mol. The number of cyclic esters (lactones) is 1. The molecule has 0 spiro atoms. The Labute approximate surface area is 55.6 Å². The quantitative estimate of drug-likeness (QED) is 0.519. The number of rotatable bonds is 0. The second kappa shape index (κ2) is 1.90. The Morgan fingerprint density at radius 2 is 2.50 bits per heavy atom. The third kappa shape index (κ3) is 0.916. The van der Waals surface area contributed by atoms with Crippen LogP contribution >= 0.6 is 15.9 Å². The highest BCUT2D eigenvalue weighted by molar-refractivity contribution is 9.12. The number of carbonyl (C=O) groups excluding carboxylic acids is 1. The van der Waals surface area contributed by atoms with Gasteiger partial charge < -0.3 is 4.74 Å². The molecule has 8 heavy (non-hydrogen) atoms. The van der Waals surface area contributed by atoms with E-state index in [1.54, 1.807) is 6.08 Å². The molecule has 0 bridgehead atoms. The molecule has 0 radical (unpaired) electrons. The molecule has 2 nitrogen and oxygen atoms in total. The summed E-state index contributed by atoms with van der Waals surface area (Å²) in [7, 11) is 0. The first-order chi connectivity index (χ1) is 3.70. The van der Waals surface area contributed by atoms with Gasteiger partial charge in [0, 0.05) is 0 Å². The average molecular weight is 177 g/mol. The van der Waals surface area contributed by atoms with Gasteiger partial charge in [0.05, 0.1) is 0 Å².